The van der Waals surface area contributed by atoms with Crippen LogP contribution in [0.1, 0.15) is 39.0 Å². The Morgan fingerprint density at radius 1 is 1.11 bits per heavy atom. The number of hydrogen-bond donors (Lipinski definition) is 0. The Bertz CT molecular complexity index is 52.9. The van der Waals surface area contributed by atoms with E-state index in [0.717, 1.165) is 0 Å². The topological polar surface area (TPSA) is 0 Å². The normalized spacial score (nSPS) is 10.7. The van der Waals surface area contributed by atoms with Gasteiger partial charge in [0.2, 0.25) is 0 Å². The molecule has 0 nitrogen and oxygen atoms in total. The van der Waals surface area contributed by atoms with E-state index in [-0.39, 0.29) is 0 Å². The van der Waals surface area contributed by atoms with Crippen LogP contribution in [0.15, 0.2) is 0 Å². The van der Waals surface area contributed by atoms with Gasteiger partial charge in [-0.1, -0.05) is 77.8 Å². The van der Waals surface area contributed by atoms with Crippen molar-refractivity contribution in [2.75, 3.05) is 0 Å². The predicted molar refractivity (Wildman–Crippen MR) is 60.0 cm³/mol. The van der Waals surface area contributed by atoms with Crippen molar-refractivity contribution in [1.82, 2.24) is 0 Å². The van der Waals surface area contributed by atoms with Crippen molar-refractivity contribution in [2.24, 2.45) is 0 Å². The molecule has 0 aromatic rings. The Morgan fingerprint density at radius 2 is 1.78 bits per heavy atom. The van der Waals surface area contributed by atoms with Crippen LogP contribution in [-0.4, -0.2) is 0 Å². The Kier molecular flexibility index (Phi) is 8.79. The molecule has 0 heterocycles. The summed E-state index contributed by atoms with van der Waals surface area (Å²) in [6.45, 7) is 2.25. The average Bonchev–Trinajstić information content (AvgIpc) is 1.80. The van der Waals surface area contributed by atoms with Crippen LogP contribution in [-0.2, 0) is 0 Å². The molecule has 0 fully saturated rings. The van der Waals surface area contributed by atoms with Crippen molar-refractivity contribution in [3.8, 4) is 0 Å². The van der Waals surface area contributed by atoms with Gasteiger partial charge in [-0.3, -0.25) is 0 Å². The first-order valence-electron chi connectivity index (χ1n) is 3.44. The first-order chi connectivity index (χ1) is 4.27. The lowest BCUT2D eigenvalue weighted by molar-refractivity contribution is 0.671. The molecule has 1 radical (unpaired) electrons. The van der Waals surface area contributed by atoms with E-state index in [4.69, 9.17) is 0 Å². The third-order valence-corrected chi connectivity index (χ3v) is 2.30. The number of hydrogen-bond acceptors (Lipinski definition) is 0. The maximum Gasteiger partial charge on any atom is 0.0969 e. The van der Waals surface area contributed by atoms with Gasteiger partial charge in [-0.15, -0.1) is 0 Å². The summed E-state index contributed by atoms with van der Waals surface area (Å²) in [5.41, 5.74) is 0. The maximum absolute atomic E-state index is 2.40. The molecule has 0 bridgehead atoms. The number of unbranched alkanes of at least 4 members (excludes halogenated alkanes) is 3. The fourth-order valence-corrected chi connectivity index (χ4v) is 1.45. The molecule has 2 heteroatoms. The van der Waals surface area contributed by atoms with Crippen molar-refractivity contribution >= 4 is 45.2 Å². The highest BCUT2D eigenvalue weighted by Crippen LogP contribution is 2.26. The lowest BCUT2D eigenvalue weighted by Gasteiger charge is -1.98. The van der Waals surface area contributed by atoms with Gasteiger partial charge >= 0.3 is 0 Å². The van der Waals surface area contributed by atoms with Crippen LogP contribution in [0.2, 0.25) is 0 Å². The first-order valence-corrected chi connectivity index (χ1v) is 5.60. The fourth-order valence-electron chi connectivity index (χ4n) is 0.685. The number of rotatable bonds is 5. The van der Waals surface area contributed by atoms with Gasteiger partial charge in [0.25, 0.3) is 0 Å². The van der Waals surface area contributed by atoms with Gasteiger partial charge in [0.15, 0.2) is 0 Å². The third-order valence-electron chi connectivity index (χ3n) is 1.22. The van der Waals surface area contributed by atoms with E-state index in [9.17, 15) is 0 Å². The molecule has 0 atom stereocenters. The van der Waals surface area contributed by atoms with Crippen LogP contribution in [0, 0.1) is 1.93 Å². The molecule has 0 amide bonds. The largest absolute Gasteiger partial charge is 0.0969 e. The molecule has 0 aliphatic heterocycles. The van der Waals surface area contributed by atoms with Gasteiger partial charge in [0.05, 0.1) is 1.93 Å². The van der Waals surface area contributed by atoms with Gasteiger partial charge in [0.1, 0.15) is 0 Å². The molecule has 0 aliphatic rings. The van der Waals surface area contributed by atoms with E-state index in [0.29, 0.717) is 0 Å². The molecule has 0 aromatic carbocycles. The smallest absolute Gasteiger partial charge is 0.0654 e. The van der Waals surface area contributed by atoms with Crippen LogP contribution in [0.3, 0.4) is 0 Å². The summed E-state index contributed by atoms with van der Waals surface area (Å²) in [4.78, 5) is 0. The number of halogens is 2. The summed E-state index contributed by atoms with van der Waals surface area (Å²) in [6, 6.07) is 0. The Hall–Kier alpha value is 1.46. The summed E-state index contributed by atoms with van der Waals surface area (Å²) in [7, 11) is 0. The van der Waals surface area contributed by atoms with E-state index in [2.05, 4.69) is 52.1 Å². The Morgan fingerprint density at radius 3 is 2.22 bits per heavy atom. The molecule has 0 saturated heterocycles. The van der Waals surface area contributed by atoms with Crippen molar-refractivity contribution in [2.45, 2.75) is 39.0 Å². The average molecular weight is 351 g/mol. The summed E-state index contributed by atoms with van der Waals surface area (Å²) in [5.74, 6) is 0. The zero-order chi connectivity index (χ0) is 7.11. The zero-order valence-corrected chi connectivity index (χ0v) is 10.1. The lowest BCUT2D eigenvalue weighted by Crippen LogP contribution is -1.77. The van der Waals surface area contributed by atoms with Crippen LogP contribution >= 0.6 is 45.2 Å². The van der Waals surface area contributed by atoms with E-state index < -0.39 is 0 Å². The second-order valence-corrected chi connectivity index (χ2v) is 6.82. The molecular weight excluding hydrogens is 338 g/mol. The Labute approximate surface area is 85.5 Å². The Balaban J connectivity index is 2.75. The second-order valence-electron chi connectivity index (χ2n) is 2.15. The minimum Gasteiger partial charge on any atom is -0.0654 e. The van der Waals surface area contributed by atoms with E-state index in [1.54, 1.807) is 0 Å². The van der Waals surface area contributed by atoms with Crippen LogP contribution in [0.4, 0.5) is 0 Å². The highest BCUT2D eigenvalue weighted by molar-refractivity contribution is 14.2. The molecule has 0 saturated carbocycles. The molecule has 55 valence electrons. The van der Waals surface area contributed by atoms with Crippen molar-refractivity contribution in [3.05, 3.63) is 1.93 Å². The molecular formula is C7H13I2. The maximum atomic E-state index is 2.40. The van der Waals surface area contributed by atoms with E-state index in [1.807, 2.05) is 0 Å². The third kappa shape index (κ3) is 9.46. The fraction of sp³-hybridized carbons (Fsp3) is 0.857. The van der Waals surface area contributed by atoms with Gasteiger partial charge < -0.3 is 0 Å². The van der Waals surface area contributed by atoms with Crippen molar-refractivity contribution in [3.63, 3.8) is 0 Å². The summed E-state index contributed by atoms with van der Waals surface area (Å²) >= 11 is 4.80. The summed E-state index contributed by atoms with van der Waals surface area (Å²) in [5, 5.41) is 0. The van der Waals surface area contributed by atoms with Crippen molar-refractivity contribution in [1.29, 1.82) is 0 Å². The molecule has 0 spiro atoms. The van der Waals surface area contributed by atoms with Gasteiger partial charge in [-0.25, -0.2) is 0 Å². The minimum atomic E-state index is 1.31. The molecule has 0 aromatic heterocycles. The second kappa shape index (κ2) is 7.57. The molecule has 0 aliphatic carbocycles. The summed E-state index contributed by atoms with van der Waals surface area (Å²) in [6.07, 6.45) is 6.85. The zero-order valence-electron chi connectivity index (χ0n) is 5.79. The first kappa shape index (κ1) is 10.5. The minimum absolute atomic E-state index is 1.31. The monoisotopic (exact) mass is 351 g/mol. The van der Waals surface area contributed by atoms with Crippen molar-refractivity contribution < 1.29 is 0 Å². The van der Waals surface area contributed by atoms with Gasteiger partial charge in [-0.05, 0) is 6.42 Å². The molecule has 0 rings (SSSR count). The van der Waals surface area contributed by atoms with E-state index >= 15 is 0 Å². The molecule has 0 unspecified atom stereocenters. The molecule has 0 N–H and O–H groups in total. The summed E-state index contributed by atoms with van der Waals surface area (Å²) < 4.78 is 1.52. The van der Waals surface area contributed by atoms with E-state index in [1.165, 1.54) is 34.0 Å². The van der Waals surface area contributed by atoms with Gasteiger partial charge in [-0.2, -0.15) is 0 Å². The highest BCUT2D eigenvalue weighted by Gasteiger charge is 1.96. The highest BCUT2D eigenvalue weighted by atomic mass is 127. The quantitative estimate of drug-likeness (QED) is 0.511. The predicted octanol–water partition coefficient (Wildman–Crippen LogP) is 4.32. The van der Waals surface area contributed by atoms with Crippen LogP contribution in [0.5, 0.6) is 0 Å². The van der Waals surface area contributed by atoms with Crippen LogP contribution < -0.4 is 0 Å². The molecule has 9 heavy (non-hydrogen) atoms. The van der Waals surface area contributed by atoms with Crippen LogP contribution in [0.25, 0.3) is 0 Å². The lowest BCUT2D eigenvalue weighted by atomic mass is 10.2. The standard InChI is InChI=1S/C7H13I2/c1-2-3-4-5-6-7(8)9/h2-6H2,1H3. The SMILES string of the molecule is CCCCCC[C](I)I. The van der Waals surface area contributed by atoms with Gasteiger partial charge in [0, 0.05) is 0 Å².